The number of esters is 1. The Kier molecular flexibility index (Phi) is 7.20. The van der Waals surface area contributed by atoms with Crippen LogP contribution in [-0.4, -0.2) is 52.6 Å². The summed E-state index contributed by atoms with van der Waals surface area (Å²) in [6.07, 6.45) is 3.10. The van der Waals surface area contributed by atoms with E-state index in [-0.39, 0.29) is 39.7 Å². The lowest BCUT2D eigenvalue weighted by Gasteiger charge is -2.26. The minimum absolute atomic E-state index is 0.0137. The van der Waals surface area contributed by atoms with E-state index in [4.69, 9.17) is 9.15 Å². The van der Waals surface area contributed by atoms with E-state index in [0.717, 1.165) is 24.4 Å². The van der Waals surface area contributed by atoms with Gasteiger partial charge < -0.3 is 29.8 Å². The van der Waals surface area contributed by atoms with Crippen molar-refractivity contribution < 1.29 is 23.8 Å². The Morgan fingerprint density at radius 1 is 1.13 bits per heavy atom. The van der Waals surface area contributed by atoms with Gasteiger partial charge in [0, 0.05) is 11.8 Å². The first kappa shape index (κ1) is 25.9. The minimum Gasteiger partial charge on any atom is -0.505 e. The zero-order valence-electron chi connectivity index (χ0n) is 21.1. The van der Waals surface area contributed by atoms with Crippen molar-refractivity contribution in [2.24, 2.45) is 0 Å². The molecule has 2 aromatic carbocycles. The molecule has 2 fully saturated rings. The van der Waals surface area contributed by atoms with Crippen molar-refractivity contribution in [1.82, 2.24) is 4.90 Å². The molecular weight excluding hydrogens is 510 g/mol. The highest BCUT2D eigenvalue weighted by atomic mass is 32.2. The SMILES string of the molecule is COC(=O)[C@H]1CCCN1C(=O)c1cccc(Nc2c(N[C@@H](c3ccc(C)o3)C3CCCS3)c(=O)c2=O)c1O. The summed E-state index contributed by atoms with van der Waals surface area (Å²) in [5, 5.41) is 17.2. The maximum absolute atomic E-state index is 13.2. The zero-order valence-corrected chi connectivity index (χ0v) is 21.9. The number of methoxy groups -OCH3 is 1. The van der Waals surface area contributed by atoms with E-state index in [1.165, 1.54) is 24.1 Å². The van der Waals surface area contributed by atoms with Gasteiger partial charge in [-0.1, -0.05) is 6.07 Å². The fourth-order valence-corrected chi connectivity index (χ4v) is 6.50. The van der Waals surface area contributed by atoms with Crippen LogP contribution in [0.3, 0.4) is 0 Å². The van der Waals surface area contributed by atoms with Crippen molar-refractivity contribution in [2.75, 3.05) is 30.0 Å². The monoisotopic (exact) mass is 539 g/mol. The average Bonchev–Trinajstić information content (AvgIpc) is 3.70. The summed E-state index contributed by atoms with van der Waals surface area (Å²) in [6, 6.07) is 7.20. The van der Waals surface area contributed by atoms with E-state index >= 15 is 0 Å². The number of phenols is 1. The molecule has 38 heavy (non-hydrogen) atoms. The predicted molar refractivity (Wildman–Crippen MR) is 144 cm³/mol. The van der Waals surface area contributed by atoms with E-state index in [2.05, 4.69) is 10.6 Å². The summed E-state index contributed by atoms with van der Waals surface area (Å²) >= 11 is 1.78. The summed E-state index contributed by atoms with van der Waals surface area (Å²) in [7, 11) is 1.27. The molecule has 0 aliphatic carbocycles. The van der Waals surface area contributed by atoms with Gasteiger partial charge in [-0.15, -0.1) is 0 Å². The standard InChI is InChI=1S/C27H29N3O7S/c1-14-10-11-18(37-14)20(19-9-5-13-38-19)29-22-21(24(32)25(22)33)28-16-7-3-6-15(23(16)31)26(34)30-12-4-8-17(30)27(35)36-2/h3,6-7,10-11,17,19-20,28-29,31H,4-5,8-9,12-13H2,1-2H3/t17-,19?,20+/m1/s1. The van der Waals surface area contributed by atoms with Crippen LogP contribution in [0.4, 0.5) is 17.1 Å². The molecule has 5 rings (SSSR count). The topological polar surface area (TPSA) is 138 Å². The second-order valence-corrected chi connectivity index (χ2v) is 10.9. The van der Waals surface area contributed by atoms with Crippen LogP contribution in [0.1, 0.15) is 53.6 Å². The molecular formula is C27H29N3O7S. The Hall–Kier alpha value is -3.73. The van der Waals surface area contributed by atoms with E-state index in [1.54, 1.807) is 17.8 Å². The number of carbonyl (C=O) groups is 2. The molecule has 10 nitrogen and oxygen atoms in total. The molecule has 1 aromatic heterocycles. The smallest absolute Gasteiger partial charge is 0.328 e. The Morgan fingerprint density at radius 3 is 2.61 bits per heavy atom. The van der Waals surface area contributed by atoms with Gasteiger partial charge in [0.1, 0.15) is 28.9 Å². The number of thioether (sulfide) groups is 1. The molecule has 3 aromatic rings. The number of benzene rings is 1. The van der Waals surface area contributed by atoms with E-state index in [0.29, 0.717) is 25.1 Å². The fraction of sp³-hybridized carbons (Fsp3) is 0.407. The Balaban J connectivity index is 1.41. The summed E-state index contributed by atoms with van der Waals surface area (Å²) in [5.74, 6) is 1.03. The first-order valence-corrected chi connectivity index (χ1v) is 13.6. The third-order valence-corrected chi connectivity index (χ3v) is 8.59. The third kappa shape index (κ3) is 4.66. The third-order valence-electron chi connectivity index (χ3n) is 7.13. The molecule has 3 N–H and O–H groups in total. The lowest BCUT2D eigenvalue weighted by atomic mass is 10.0. The molecule has 11 heteroatoms. The summed E-state index contributed by atoms with van der Waals surface area (Å²) in [5.41, 5.74) is -1.18. The number of amides is 1. The van der Waals surface area contributed by atoms with E-state index in [9.17, 15) is 24.3 Å². The Morgan fingerprint density at radius 2 is 1.92 bits per heavy atom. The lowest BCUT2D eigenvalue weighted by molar-refractivity contribution is -0.145. The summed E-state index contributed by atoms with van der Waals surface area (Å²) < 4.78 is 10.7. The second-order valence-electron chi connectivity index (χ2n) is 9.54. The van der Waals surface area contributed by atoms with Gasteiger partial charge >= 0.3 is 5.97 Å². The molecule has 0 saturated carbocycles. The van der Waals surface area contributed by atoms with Crippen molar-refractivity contribution in [1.29, 1.82) is 0 Å². The molecule has 0 radical (unpaired) electrons. The first-order valence-electron chi connectivity index (χ1n) is 12.6. The zero-order chi connectivity index (χ0) is 27.0. The van der Waals surface area contributed by atoms with E-state index in [1.807, 2.05) is 19.1 Å². The number of carbonyl (C=O) groups excluding carboxylic acids is 2. The van der Waals surface area contributed by atoms with Gasteiger partial charge in [-0.3, -0.25) is 14.4 Å². The lowest BCUT2D eigenvalue weighted by Crippen LogP contribution is -2.41. The van der Waals surface area contributed by atoms with Crippen molar-refractivity contribution in [3.05, 3.63) is 67.9 Å². The number of furan rings is 1. The number of phenolic OH excluding ortho intramolecular Hbond substituents is 1. The van der Waals surface area contributed by atoms with Crippen LogP contribution in [0.2, 0.25) is 0 Å². The highest BCUT2D eigenvalue weighted by Crippen LogP contribution is 2.40. The molecule has 3 heterocycles. The summed E-state index contributed by atoms with van der Waals surface area (Å²) in [6.45, 7) is 2.20. The van der Waals surface area contributed by atoms with Gasteiger partial charge in [-0.2, -0.15) is 11.8 Å². The fourth-order valence-electron chi connectivity index (χ4n) is 5.13. The number of hydrogen-bond donors (Lipinski definition) is 3. The van der Waals surface area contributed by atoms with Gasteiger partial charge in [0.05, 0.1) is 24.4 Å². The van der Waals surface area contributed by atoms with Crippen LogP contribution in [0.15, 0.2) is 44.3 Å². The number of anilines is 3. The molecule has 2 aliphatic rings. The van der Waals surface area contributed by atoms with Crippen LogP contribution in [0, 0.1) is 6.92 Å². The number of ether oxygens (including phenoxy) is 1. The number of aryl methyl sites for hydroxylation is 1. The minimum atomic E-state index is -0.720. The van der Waals surface area contributed by atoms with Gasteiger partial charge in [-0.25, -0.2) is 4.79 Å². The molecule has 2 aliphatic heterocycles. The maximum Gasteiger partial charge on any atom is 0.328 e. The van der Waals surface area contributed by atoms with Crippen molar-refractivity contribution in [2.45, 2.75) is 49.9 Å². The number of rotatable bonds is 8. The summed E-state index contributed by atoms with van der Waals surface area (Å²) in [4.78, 5) is 51.9. The second kappa shape index (κ2) is 10.6. The number of nitrogens with zero attached hydrogens (tertiary/aromatic N) is 1. The van der Waals surface area contributed by atoms with Gasteiger partial charge in [0.2, 0.25) is 0 Å². The van der Waals surface area contributed by atoms with Crippen LogP contribution in [0.5, 0.6) is 5.75 Å². The number of hydrogen-bond acceptors (Lipinski definition) is 10. The van der Waals surface area contributed by atoms with Crippen LogP contribution < -0.4 is 21.5 Å². The normalized spacial score (nSPS) is 20.0. The van der Waals surface area contributed by atoms with Crippen molar-refractivity contribution >= 4 is 40.7 Å². The quantitative estimate of drug-likeness (QED) is 0.222. The van der Waals surface area contributed by atoms with Crippen LogP contribution in [0.25, 0.3) is 0 Å². The number of nitrogens with one attached hydrogen (secondary N) is 2. The number of para-hydroxylation sites is 1. The average molecular weight is 540 g/mol. The Bertz CT molecular complexity index is 1440. The van der Waals surface area contributed by atoms with Gasteiger partial charge in [-0.05, 0) is 62.6 Å². The molecule has 200 valence electrons. The van der Waals surface area contributed by atoms with Gasteiger partial charge in [0.15, 0.2) is 5.75 Å². The number of aromatic hydroxyl groups is 1. The van der Waals surface area contributed by atoms with Crippen molar-refractivity contribution in [3.63, 3.8) is 0 Å². The van der Waals surface area contributed by atoms with Crippen molar-refractivity contribution in [3.8, 4) is 5.75 Å². The molecule has 0 bridgehead atoms. The maximum atomic E-state index is 13.2. The van der Waals surface area contributed by atoms with Crippen LogP contribution >= 0.6 is 11.8 Å². The molecule has 0 spiro atoms. The largest absolute Gasteiger partial charge is 0.505 e. The molecule has 3 atom stereocenters. The molecule has 1 amide bonds. The van der Waals surface area contributed by atoms with Crippen LogP contribution in [-0.2, 0) is 9.53 Å². The van der Waals surface area contributed by atoms with Gasteiger partial charge in [0.25, 0.3) is 16.8 Å². The number of likely N-dealkylation sites (tertiary alicyclic amines) is 1. The molecule has 1 unspecified atom stereocenters. The highest BCUT2D eigenvalue weighted by molar-refractivity contribution is 8.00. The predicted octanol–water partition coefficient (Wildman–Crippen LogP) is 3.46. The van der Waals surface area contributed by atoms with E-state index < -0.39 is 28.8 Å². The first-order chi connectivity index (χ1) is 18.3. The Labute approximate surface area is 223 Å². The molecule has 2 saturated heterocycles. The highest BCUT2D eigenvalue weighted by Gasteiger charge is 2.37.